The van der Waals surface area contributed by atoms with Gasteiger partial charge < -0.3 is 19.9 Å². The first-order valence-corrected chi connectivity index (χ1v) is 17.8. The maximum absolute atomic E-state index is 15.2. The SMILES string of the molecule is O=C1[C@@H]2C[C@@H]3C(=CC[C@@H]4C(=O)N(c5cccc(B(O)O)c5)C(=O)[C@@H]43)[C@H](c3cc(OC(F)(F)F)ccc3O)[C@]2(c2ccc(Cl)cc2)C(=O)N1Nc1ccc(F)cc1. The quantitative estimate of drug-likeness (QED) is 0.0881. The van der Waals surface area contributed by atoms with Crippen molar-refractivity contribution in [2.75, 3.05) is 10.3 Å². The minimum Gasteiger partial charge on any atom is -0.508 e. The Kier molecular flexibility index (Phi) is 8.97. The molecule has 56 heavy (non-hydrogen) atoms. The van der Waals surface area contributed by atoms with Gasteiger partial charge in [0.15, 0.2) is 0 Å². The van der Waals surface area contributed by atoms with Crippen molar-refractivity contribution in [2.24, 2.45) is 23.7 Å². The molecule has 0 radical (unpaired) electrons. The molecule has 286 valence electrons. The van der Waals surface area contributed by atoms with Gasteiger partial charge in [0.1, 0.15) is 17.3 Å². The first-order valence-electron chi connectivity index (χ1n) is 17.4. The number of carbonyl (C=O) groups excluding carboxylic acids is 4. The Hall–Kier alpha value is -5.71. The number of benzene rings is 4. The molecule has 0 bridgehead atoms. The number of alkyl halides is 3. The normalized spacial score (nSPS) is 25.8. The second-order valence-electron chi connectivity index (χ2n) is 14.1. The Morgan fingerprint density at radius 1 is 0.875 bits per heavy atom. The summed E-state index contributed by atoms with van der Waals surface area (Å²) in [4.78, 5) is 59.5. The second kappa shape index (κ2) is 13.5. The Morgan fingerprint density at radius 3 is 2.27 bits per heavy atom. The number of phenols is 1. The lowest BCUT2D eigenvalue weighted by Gasteiger charge is -2.50. The second-order valence-corrected chi connectivity index (χ2v) is 14.6. The average molecular weight is 790 g/mol. The Labute approximate surface area is 320 Å². The largest absolute Gasteiger partial charge is 0.573 e. The van der Waals surface area contributed by atoms with Crippen molar-refractivity contribution in [3.63, 3.8) is 0 Å². The molecule has 3 fully saturated rings. The summed E-state index contributed by atoms with van der Waals surface area (Å²) in [5, 5.41) is 32.1. The number of ether oxygens (including phenoxy) is 1. The van der Waals surface area contributed by atoms with Crippen molar-refractivity contribution in [1.82, 2.24) is 5.01 Å². The van der Waals surface area contributed by atoms with Crippen LogP contribution >= 0.6 is 11.6 Å². The van der Waals surface area contributed by atoms with Crippen molar-refractivity contribution in [3.8, 4) is 11.5 Å². The first kappa shape index (κ1) is 37.2. The number of hydrogen-bond donors (Lipinski definition) is 4. The van der Waals surface area contributed by atoms with Crippen molar-refractivity contribution >= 4 is 59.2 Å². The third-order valence-corrected chi connectivity index (χ3v) is 11.5. The standard InChI is InChI=1S/C39H29BClF4N3O8/c41-21-6-4-19(5-7-21)38-30(35(51)48(37(38)53)46-23-10-8-22(42)9-11-23)18-28-26(33(38)29-17-25(12-15-31(29)49)56-39(43,44)45)13-14-27-32(28)36(52)47(34(27)50)24-3-1-2-20(16-24)40(54)55/h1-13,15-17,27-28,30,32-33,46,49,54-55H,14,18H2/t27-,28+,30-,32-,33+,38+/m0/s1. The van der Waals surface area contributed by atoms with Crippen LogP contribution in [0.2, 0.25) is 5.02 Å². The lowest BCUT2D eigenvalue weighted by Crippen LogP contribution is -2.53. The summed E-state index contributed by atoms with van der Waals surface area (Å²) in [6, 6.07) is 19.1. The van der Waals surface area contributed by atoms with Crippen LogP contribution in [0.15, 0.2) is 103 Å². The molecule has 4 aromatic rings. The van der Waals surface area contributed by atoms with Gasteiger partial charge in [0.2, 0.25) is 11.8 Å². The number of rotatable bonds is 7. The number of phenolic OH excluding ortho intramolecular Hbond substituents is 1. The lowest BCUT2D eigenvalue weighted by atomic mass is 9.49. The molecule has 2 aliphatic carbocycles. The van der Waals surface area contributed by atoms with E-state index in [2.05, 4.69) is 10.2 Å². The van der Waals surface area contributed by atoms with E-state index in [1.807, 2.05) is 0 Å². The van der Waals surface area contributed by atoms with Crippen LogP contribution in [0.4, 0.5) is 28.9 Å². The molecule has 1 saturated carbocycles. The van der Waals surface area contributed by atoms with E-state index in [1.165, 1.54) is 60.7 Å². The van der Waals surface area contributed by atoms with Gasteiger partial charge in [-0.05, 0) is 96.5 Å². The van der Waals surface area contributed by atoms with Crippen LogP contribution < -0.4 is 20.5 Å². The number of halogens is 5. The summed E-state index contributed by atoms with van der Waals surface area (Å²) < 4.78 is 58.9. The fourth-order valence-electron chi connectivity index (χ4n) is 9.04. The monoisotopic (exact) mass is 789 g/mol. The molecule has 4 N–H and O–H groups in total. The number of fused-ring (bicyclic) bond motifs is 4. The predicted octanol–water partition coefficient (Wildman–Crippen LogP) is 4.95. The van der Waals surface area contributed by atoms with Crippen LogP contribution in [0.5, 0.6) is 11.5 Å². The van der Waals surface area contributed by atoms with Gasteiger partial charge in [0.25, 0.3) is 11.8 Å². The molecule has 0 spiro atoms. The molecule has 4 aliphatic rings. The zero-order valence-electron chi connectivity index (χ0n) is 28.8. The molecule has 0 aromatic heterocycles. The van der Waals surface area contributed by atoms with Gasteiger partial charge in [-0.2, -0.15) is 5.01 Å². The molecule has 17 heteroatoms. The zero-order valence-corrected chi connectivity index (χ0v) is 29.5. The molecule has 6 atom stereocenters. The van der Waals surface area contributed by atoms with Crippen LogP contribution in [-0.4, -0.2) is 57.3 Å². The first-order chi connectivity index (χ1) is 26.6. The molecule has 2 heterocycles. The van der Waals surface area contributed by atoms with Crippen molar-refractivity contribution in [3.05, 3.63) is 125 Å². The fourth-order valence-corrected chi connectivity index (χ4v) is 9.17. The maximum Gasteiger partial charge on any atom is 0.573 e. The average Bonchev–Trinajstić information content (AvgIpc) is 3.53. The number of nitrogens with zero attached hydrogens (tertiary/aromatic N) is 2. The van der Waals surface area contributed by atoms with Gasteiger partial charge >= 0.3 is 13.5 Å². The minimum absolute atomic E-state index is 0.0162. The van der Waals surface area contributed by atoms with Crippen LogP contribution in [-0.2, 0) is 24.6 Å². The summed E-state index contributed by atoms with van der Waals surface area (Å²) in [5.74, 6) is -10.6. The highest BCUT2D eigenvalue weighted by molar-refractivity contribution is 6.58. The highest BCUT2D eigenvalue weighted by Crippen LogP contribution is 2.65. The number of aromatic hydroxyl groups is 1. The van der Waals surface area contributed by atoms with E-state index in [0.29, 0.717) is 5.57 Å². The third kappa shape index (κ3) is 5.90. The highest BCUT2D eigenvalue weighted by Gasteiger charge is 2.70. The van der Waals surface area contributed by atoms with E-state index >= 15 is 4.79 Å². The molecule has 4 aromatic carbocycles. The number of nitrogens with one attached hydrogen (secondary N) is 1. The van der Waals surface area contributed by atoms with Gasteiger partial charge in [0.05, 0.1) is 34.5 Å². The molecule has 8 rings (SSSR count). The summed E-state index contributed by atoms with van der Waals surface area (Å²) in [6.45, 7) is 0. The van der Waals surface area contributed by atoms with Crippen molar-refractivity contribution < 1.29 is 56.6 Å². The van der Waals surface area contributed by atoms with Gasteiger partial charge in [-0.15, -0.1) is 13.2 Å². The molecule has 2 aliphatic heterocycles. The molecule has 2 saturated heterocycles. The fraction of sp³-hybridized carbons (Fsp3) is 0.231. The summed E-state index contributed by atoms with van der Waals surface area (Å²) in [5.41, 5.74) is 1.33. The topological polar surface area (TPSA) is 157 Å². The number of imide groups is 2. The van der Waals surface area contributed by atoms with Gasteiger partial charge in [-0.25, -0.2) is 4.39 Å². The number of hydrazine groups is 1. The van der Waals surface area contributed by atoms with E-state index in [4.69, 9.17) is 11.6 Å². The summed E-state index contributed by atoms with van der Waals surface area (Å²) in [6.07, 6.45) is -3.76. The van der Waals surface area contributed by atoms with E-state index in [-0.39, 0.29) is 45.8 Å². The number of anilines is 2. The number of hydrogen-bond acceptors (Lipinski definition) is 9. The van der Waals surface area contributed by atoms with Crippen LogP contribution in [0.1, 0.15) is 29.9 Å². The highest BCUT2D eigenvalue weighted by atomic mass is 35.5. The van der Waals surface area contributed by atoms with Gasteiger partial charge in [-0.1, -0.05) is 47.5 Å². The van der Waals surface area contributed by atoms with E-state index in [9.17, 15) is 47.1 Å². The summed E-state index contributed by atoms with van der Waals surface area (Å²) in [7, 11) is -1.90. The minimum atomic E-state index is -5.14. The smallest absolute Gasteiger partial charge is 0.508 e. The van der Waals surface area contributed by atoms with Crippen molar-refractivity contribution in [2.45, 2.75) is 30.5 Å². The zero-order chi connectivity index (χ0) is 39.8. The summed E-state index contributed by atoms with van der Waals surface area (Å²) >= 11 is 6.28. The van der Waals surface area contributed by atoms with Gasteiger partial charge in [0, 0.05) is 16.5 Å². The third-order valence-electron chi connectivity index (χ3n) is 11.2. The Balaban J connectivity index is 1.34. The van der Waals surface area contributed by atoms with Crippen LogP contribution in [0.25, 0.3) is 0 Å². The van der Waals surface area contributed by atoms with E-state index < -0.39 is 89.4 Å². The molecule has 11 nitrogen and oxygen atoms in total. The van der Waals surface area contributed by atoms with Crippen molar-refractivity contribution in [1.29, 1.82) is 0 Å². The Bertz CT molecular complexity index is 2330. The molecule has 0 unspecified atom stereocenters. The lowest BCUT2D eigenvalue weighted by molar-refractivity contribution is -0.274. The Morgan fingerprint density at radius 2 is 1.59 bits per heavy atom. The van der Waals surface area contributed by atoms with E-state index in [0.717, 1.165) is 40.2 Å². The van der Waals surface area contributed by atoms with Gasteiger partial charge in [-0.3, -0.25) is 29.5 Å². The van der Waals surface area contributed by atoms with Crippen LogP contribution in [0, 0.1) is 29.5 Å². The number of amides is 4. The van der Waals surface area contributed by atoms with Crippen LogP contribution in [0.3, 0.4) is 0 Å². The predicted molar refractivity (Wildman–Crippen MR) is 193 cm³/mol. The molecular weight excluding hydrogens is 761 g/mol. The molecular formula is C39H29BClF4N3O8. The molecule has 4 amide bonds. The number of carbonyl (C=O) groups is 4. The van der Waals surface area contributed by atoms with E-state index in [1.54, 1.807) is 6.08 Å². The number of allylic oxidation sites excluding steroid dienone is 2. The maximum atomic E-state index is 15.2.